The molecular weight excluding hydrogens is 378 g/mol. The van der Waals surface area contributed by atoms with E-state index in [2.05, 4.69) is 10.6 Å². The molecule has 0 radical (unpaired) electrons. The Balaban J connectivity index is 1.85. The molecule has 1 unspecified atom stereocenters. The number of benzene rings is 2. The van der Waals surface area contributed by atoms with Crippen molar-refractivity contribution in [3.63, 3.8) is 0 Å². The number of hydrogen-bond donors (Lipinski definition) is 2. The van der Waals surface area contributed by atoms with Crippen LogP contribution < -0.4 is 10.6 Å². The Bertz CT molecular complexity index is 848. The molecule has 0 aliphatic rings. The number of nitrogens with zero attached hydrogens (tertiary/aromatic N) is 1. The molecule has 6 nitrogen and oxygen atoms in total. The summed E-state index contributed by atoms with van der Waals surface area (Å²) in [6.07, 6.45) is 1.22. The first-order chi connectivity index (χ1) is 14.4. The van der Waals surface area contributed by atoms with E-state index in [1.807, 2.05) is 63.2 Å². The molecule has 1 atom stereocenters. The van der Waals surface area contributed by atoms with Gasteiger partial charge in [-0.25, -0.2) is 0 Å². The summed E-state index contributed by atoms with van der Waals surface area (Å²) in [5, 5.41) is 5.84. The van der Waals surface area contributed by atoms with Gasteiger partial charge in [0.1, 0.15) is 0 Å². The normalized spacial score (nSPS) is 11.4. The van der Waals surface area contributed by atoms with Crippen molar-refractivity contribution in [3.8, 4) is 0 Å². The molecule has 0 heterocycles. The molecular formula is C24H31N3O3. The third kappa shape index (κ3) is 7.03. The number of rotatable bonds is 10. The third-order valence-corrected chi connectivity index (χ3v) is 4.97. The Kier molecular flexibility index (Phi) is 9.06. The Morgan fingerprint density at radius 3 is 2.30 bits per heavy atom. The van der Waals surface area contributed by atoms with Crippen molar-refractivity contribution in [2.24, 2.45) is 0 Å². The van der Waals surface area contributed by atoms with Crippen LogP contribution in [-0.2, 0) is 9.59 Å². The minimum Gasteiger partial charge on any atom is -0.350 e. The fourth-order valence-corrected chi connectivity index (χ4v) is 3.21. The molecule has 2 aromatic rings. The van der Waals surface area contributed by atoms with Crippen LogP contribution in [0.5, 0.6) is 0 Å². The second-order valence-electron chi connectivity index (χ2n) is 7.15. The molecule has 0 saturated carbocycles. The molecule has 0 fully saturated rings. The van der Waals surface area contributed by atoms with Crippen LogP contribution in [0, 0.1) is 0 Å². The Labute approximate surface area is 178 Å². The molecule has 2 rings (SSSR count). The number of carbonyl (C=O) groups is 3. The molecule has 2 N–H and O–H groups in total. The van der Waals surface area contributed by atoms with E-state index in [9.17, 15) is 14.4 Å². The van der Waals surface area contributed by atoms with Crippen molar-refractivity contribution >= 4 is 23.4 Å². The summed E-state index contributed by atoms with van der Waals surface area (Å²) < 4.78 is 0. The van der Waals surface area contributed by atoms with Crippen molar-refractivity contribution in [2.75, 3.05) is 18.4 Å². The topological polar surface area (TPSA) is 78.5 Å². The molecule has 0 spiro atoms. The lowest BCUT2D eigenvalue weighted by Crippen LogP contribution is -2.31. The molecule has 30 heavy (non-hydrogen) atoms. The van der Waals surface area contributed by atoms with Crippen LogP contribution in [0.1, 0.15) is 62.0 Å². The van der Waals surface area contributed by atoms with E-state index in [1.165, 1.54) is 0 Å². The quantitative estimate of drug-likeness (QED) is 0.619. The van der Waals surface area contributed by atoms with Crippen LogP contribution in [0.4, 0.5) is 5.69 Å². The molecule has 0 bridgehead atoms. The number of amides is 3. The number of anilines is 1. The zero-order chi connectivity index (χ0) is 21.9. The van der Waals surface area contributed by atoms with Gasteiger partial charge in [-0.1, -0.05) is 30.3 Å². The van der Waals surface area contributed by atoms with Gasteiger partial charge in [0.15, 0.2) is 0 Å². The first-order valence-electron chi connectivity index (χ1n) is 10.5. The van der Waals surface area contributed by atoms with Gasteiger partial charge >= 0.3 is 0 Å². The largest absolute Gasteiger partial charge is 0.350 e. The number of carbonyl (C=O) groups excluding carboxylic acids is 3. The average molecular weight is 410 g/mol. The highest BCUT2D eigenvalue weighted by Gasteiger charge is 2.13. The summed E-state index contributed by atoms with van der Waals surface area (Å²) >= 11 is 0. The van der Waals surface area contributed by atoms with Gasteiger partial charge in [0.25, 0.3) is 5.91 Å². The van der Waals surface area contributed by atoms with Crippen LogP contribution >= 0.6 is 0 Å². The highest BCUT2D eigenvalue weighted by molar-refractivity contribution is 6.04. The van der Waals surface area contributed by atoms with Crippen molar-refractivity contribution in [1.82, 2.24) is 10.2 Å². The summed E-state index contributed by atoms with van der Waals surface area (Å²) in [7, 11) is 0. The fourth-order valence-electron chi connectivity index (χ4n) is 3.21. The molecule has 3 amide bonds. The van der Waals surface area contributed by atoms with Crippen molar-refractivity contribution in [3.05, 3.63) is 65.7 Å². The van der Waals surface area contributed by atoms with Gasteiger partial charge in [0.2, 0.25) is 11.8 Å². The van der Waals surface area contributed by atoms with Crippen LogP contribution in [0.15, 0.2) is 54.6 Å². The molecule has 0 aliphatic heterocycles. The first kappa shape index (κ1) is 23.1. The highest BCUT2D eigenvalue weighted by atomic mass is 16.2. The van der Waals surface area contributed by atoms with Gasteiger partial charge in [-0.3, -0.25) is 14.4 Å². The summed E-state index contributed by atoms with van der Waals surface area (Å²) in [6.45, 7) is 7.18. The smallest absolute Gasteiger partial charge is 0.255 e. The predicted octanol–water partition coefficient (Wildman–Crippen LogP) is 4.15. The minimum atomic E-state index is -0.204. The number of nitrogens with one attached hydrogen (secondary N) is 2. The van der Waals surface area contributed by atoms with Gasteiger partial charge < -0.3 is 15.5 Å². The van der Waals surface area contributed by atoms with E-state index in [-0.39, 0.29) is 23.8 Å². The van der Waals surface area contributed by atoms with Gasteiger partial charge in [-0.05, 0) is 57.0 Å². The average Bonchev–Trinajstić information content (AvgIpc) is 2.75. The molecule has 0 aromatic heterocycles. The summed E-state index contributed by atoms with van der Waals surface area (Å²) in [5.41, 5.74) is 2.16. The second kappa shape index (κ2) is 11.8. The van der Waals surface area contributed by atoms with Crippen LogP contribution in [-0.4, -0.2) is 35.7 Å². The fraction of sp³-hybridized carbons (Fsp3) is 0.375. The maximum absolute atomic E-state index is 12.3. The van der Waals surface area contributed by atoms with E-state index in [0.29, 0.717) is 43.6 Å². The van der Waals surface area contributed by atoms with E-state index in [4.69, 9.17) is 0 Å². The lowest BCUT2D eigenvalue weighted by molar-refractivity contribution is -0.131. The van der Waals surface area contributed by atoms with Gasteiger partial charge in [-0.2, -0.15) is 0 Å². The molecule has 2 aromatic carbocycles. The van der Waals surface area contributed by atoms with Crippen LogP contribution in [0.3, 0.4) is 0 Å². The Morgan fingerprint density at radius 2 is 1.63 bits per heavy atom. The monoisotopic (exact) mass is 409 g/mol. The van der Waals surface area contributed by atoms with Crippen LogP contribution in [0.2, 0.25) is 0 Å². The second-order valence-corrected chi connectivity index (χ2v) is 7.15. The zero-order valence-corrected chi connectivity index (χ0v) is 18.0. The van der Waals surface area contributed by atoms with Crippen molar-refractivity contribution in [1.29, 1.82) is 0 Å². The predicted molar refractivity (Wildman–Crippen MR) is 119 cm³/mol. The molecule has 160 valence electrons. The standard InChI is InChI=1S/C24H31N3O3/c1-4-27(5-2)23(29)16-10-15-22(28)25-18(3)20-13-9-14-21(17-20)26-24(30)19-11-7-6-8-12-19/h6-9,11-14,17-18H,4-5,10,15-16H2,1-3H3,(H,25,28)(H,26,30). The van der Waals surface area contributed by atoms with Gasteiger partial charge in [0, 0.05) is 37.2 Å². The molecule has 6 heteroatoms. The summed E-state index contributed by atoms with van der Waals surface area (Å²) in [6, 6.07) is 16.2. The molecule has 0 aliphatic carbocycles. The minimum absolute atomic E-state index is 0.0858. The van der Waals surface area contributed by atoms with Gasteiger partial charge in [-0.15, -0.1) is 0 Å². The van der Waals surface area contributed by atoms with Crippen molar-refractivity contribution < 1.29 is 14.4 Å². The van der Waals surface area contributed by atoms with E-state index in [1.54, 1.807) is 17.0 Å². The lowest BCUT2D eigenvalue weighted by atomic mass is 10.1. The van der Waals surface area contributed by atoms with Crippen LogP contribution in [0.25, 0.3) is 0 Å². The Morgan fingerprint density at radius 1 is 0.933 bits per heavy atom. The lowest BCUT2D eigenvalue weighted by Gasteiger charge is -2.19. The van der Waals surface area contributed by atoms with E-state index in [0.717, 1.165) is 5.56 Å². The highest BCUT2D eigenvalue weighted by Crippen LogP contribution is 2.18. The maximum Gasteiger partial charge on any atom is 0.255 e. The summed E-state index contributed by atoms with van der Waals surface area (Å²) in [5.74, 6) is -0.182. The van der Waals surface area contributed by atoms with Gasteiger partial charge in [0.05, 0.1) is 6.04 Å². The first-order valence-corrected chi connectivity index (χ1v) is 10.5. The summed E-state index contributed by atoms with van der Waals surface area (Å²) in [4.78, 5) is 38.4. The third-order valence-electron chi connectivity index (χ3n) is 4.97. The maximum atomic E-state index is 12.3. The number of hydrogen-bond acceptors (Lipinski definition) is 3. The Hall–Kier alpha value is -3.15. The zero-order valence-electron chi connectivity index (χ0n) is 18.0. The SMILES string of the molecule is CCN(CC)C(=O)CCCC(=O)NC(C)c1cccc(NC(=O)c2ccccc2)c1. The van der Waals surface area contributed by atoms with E-state index >= 15 is 0 Å². The van der Waals surface area contributed by atoms with Crippen molar-refractivity contribution in [2.45, 2.75) is 46.1 Å². The molecule has 0 saturated heterocycles. The van der Waals surface area contributed by atoms with E-state index < -0.39 is 0 Å².